The number of rotatable bonds is 5. The monoisotopic (exact) mass is 410 g/mol. The number of nitrogens with zero attached hydrogens (tertiary/aromatic N) is 3. The Morgan fingerprint density at radius 1 is 1.30 bits per heavy atom. The van der Waals surface area contributed by atoms with E-state index in [2.05, 4.69) is 15.4 Å². The highest BCUT2D eigenvalue weighted by molar-refractivity contribution is 5.92. The van der Waals surface area contributed by atoms with E-state index in [0.717, 1.165) is 22.6 Å². The lowest BCUT2D eigenvalue weighted by atomic mass is 10.0. The van der Waals surface area contributed by atoms with Crippen molar-refractivity contribution in [1.82, 2.24) is 20.4 Å². The molecule has 30 heavy (non-hydrogen) atoms. The van der Waals surface area contributed by atoms with Crippen LogP contribution in [-0.4, -0.2) is 51.3 Å². The van der Waals surface area contributed by atoms with Crippen LogP contribution in [-0.2, 0) is 6.54 Å². The van der Waals surface area contributed by atoms with Gasteiger partial charge in [0.1, 0.15) is 11.5 Å². The number of aryl methyl sites for hydroxylation is 3. The van der Waals surface area contributed by atoms with Crippen LogP contribution in [0.2, 0.25) is 0 Å². The van der Waals surface area contributed by atoms with Crippen LogP contribution >= 0.6 is 0 Å². The van der Waals surface area contributed by atoms with Crippen molar-refractivity contribution in [3.63, 3.8) is 0 Å². The third-order valence-electron chi connectivity index (χ3n) is 5.37. The van der Waals surface area contributed by atoms with Gasteiger partial charge in [0, 0.05) is 31.3 Å². The fourth-order valence-corrected chi connectivity index (χ4v) is 3.70. The molecule has 1 aliphatic rings. The van der Waals surface area contributed by atoms with E-state index in [1.807, 2.05) is 38.1 Å². The minimum Gasteiger partial charge on any atom is -0.441 e. The fraction of sp³-hybridized carbons (Fsp3) is 0.409. The van der Waals surface area contributed by atoms with Crippen molar-refractivity contribution in [2.45, 2.75) is 45.9 Å². The SMILES string of the molecule is Cc1cccc(-c2nc(CN3CC[C@@H](O)[C@H](NC(=O)c4cc(C)on4)C3)c(C)o2)c1. The van der Waals surface area contributed by atoms with Crippen LogP contribution in [0.25, 0.3) is 11.5 Å². The minimum absolute atomic E-state index is 0.215. The van der Waals surface area contributed by atoms with E-state index in [0.29, 0.717) is 37.7 Å². The molecule has 1 saturated heterocycles. The first-order chi connectivity index (χ1) is 14.4. The average molecular weight is 410 g/mol. The maximum absolute atomic E-state index is 12.4. The Labute approximate surface area is 174 Å². The van der Waals surface area contributed by atoms with E-state index in [1.54, 1.807) is 13.0 Å². The Morgan fingerprint density at radius 3 is 2.87 bits per heavy atom. The van der Waals surface area contributed by atoms with E-state index in [1.165, 1.54) is 0 Å². The summed E-state index contributed by atoms with van der Waals surface area (Å²) < 4.78 is 10.9. The van der Waals surface area contributed by atoms with Crippen LogP contribution in [0, 0.1) is 20.8 Å². The van der Waals surface area contributed by atoms with E-state index < -0.39 is 12.1 Å². The predicted molar refractivity (Wildman–Crippen MR) is 110 cm³/mol. The molecule has 3 heterocycles. The number of hydrogen-bond acceptors (Lipinski definition) is 7. The topological polar surface area (TPSA) is 105 Å². The van der Waals surface area contributed by atoms with Crippen molar-refractivity contribution in [3.8, 4) is 11.5 Å². The third kappa shape index (κ3) is 4.44. The van der Waals surface area contributed by atoms with Crippen LogP contribution in [0.5, 0.6) is 0 Å². The van der Waals surface area contributed by atoms with Crippen LogP contribution in [0.15, 0.2) is 39.3 Å². The molecule has 1 aliphatic heterocycles. The number of hydrogen-bond donors (Lipinski definition) is 2. The molecule has 4 rings (SSSR count). The van der Waals surface area contributed by atoms with Gasteiger partial charge in [-0.2, -0.15) is 0 Å². The third-order valence-corrected chi connectivity index (χ3v) is 5.37. The predicted octanol–water partition coefficient (Wildman–Crippen LogP) is 2.62. The van der Waals surface area contributed by atoms with Crippen molar-refractivity contribution in [1.29, 1.82) is 0 Å². The molecule has 8 heteroatoms. The number of likely N-dealkylation sites (tertiary alicyclic amines) is 1. The smallest absolute Gasteiger partial charge is 0.273 e. The summed E-state index contributed by atoms with van der Waals surface area (Å²) in [5, 5.41) is 17.0. The van der Waals surface area contributed by atoms with E-state index in [9.17, 15) is 9.90 Å². The molecule has 3 aromatic rings. The van der Waals surface area contributed by atoms with Gasteiger partial charge in [0.2, 0.25) is 5.89 Å². The summed E-state index contributed by atoms with van der Waals surface area (Å²) in [6.45, 7) is 7.48. The van der Waals surface area contributed by atoms with Gasteiger partial charge in [-0.3, -0.25) is 9.69 Å². The molecule has 1 fully saturated rings. The summed E-state index contributed by atoms with van der Waals surface area (Å²) >= 11 is 0. The Morgan fingerprint density at radius 2 is 2.13 bits per heavy atom. The highest BCUT2D eigenvalue weighted by atomic mass is 16.5. The Kier molecular flexibility index (Phi) is 5.69. The van der Waals surface area contributed by atoms with Gasteiger partial charge in [0.15, 0.2) is 5.69 Å². The number of aromatic nitrogens is 2. The average Bonchev–Trinajstić information content (AvgIpc) is 3.30. The lowest BCUT2D eigenvalue weighted by molar-refractivity contribution is 0.0403. The number of carbonyl (C=O) groups is 1. The normalized spacial score (nSPS) is 19.7. The first-order valence-electron chi connectivity index (χ1n) is 10.1. The van der Waals surface area contributed by atoms with Gasteiger partial charge in [0.05, 0.1) is 17.8 Å². The summed E-state index contributed by atoms with van der Waals surface area (Å²) in [5.74, 6) is 1.60. The summed E-state index contributed by atoms with van der Waals surface area (Å²) in [6.07, 6.45) is -0.0517. The first kappa shape index (κ1) is 20.3. The number of nitrogens with one attached hydrogen (secondary N) is 1. The molecule has 0 bridgehead atoms. The van der Waals surface area contributed by atoms with Crippen molar-refractivity contribution in [3.05, 3.63) is 58.8 Å². The number of benzene rings is 1. The molecule has 8 nitrogen and oxygen atoms in total. The number of piperidine rings is 1. The molecular formula is C22H26N4O4. The molecule has 0 aliphatic carbocycles. The van der Waals surface area contributed by atoms with Gasteiger partial charge in [-0.1, -0.05) is 22.9 Å². The van der Waals surface area contributed by atoms with Crippen LogP contribution in [0.3, 0.4) is 0 Å². The zero-order chi connectivity index (χ0) is 21.3. The lowest BCUT2D eigenvalue weighted by Crippen LogP contribution is -2.54. The highest BCUT2D eigenvalue weighted by Gasteiger charge is 2.30. The molecule has 158 valence electrons. The Bertz CT molecular complexity index is 1040. The second-order valence-electron chi connectivity index (χ2n) is 7.89. The number of aliphatic hydroxyl groups excluding tert-OH is 1. The van der Waals surface area contributed by atoms with Gasteiger partial charge in [-0.05, 0) is 39.3 Å². The second kappa shape index (κ2) is 8.41. The van der Waals surface area contributed by atoms with Gasteiger partial charge in [-0.25, -0.2) is 4.98 Å². The molecule has 1 amide bonds. The number of aliphatic hydroxyl groups is 1. The molecular weight excluding hydrogens is 384 g/mol. The van der Waals surface area contributed by atoms with Crippen LogP contribution in [0.4, 0.5) is 0 Å². The summed E-state index contributed by atoms with van der Waals surface area (Å²) in [4.78, 5) is 19.2. The first-order valence-corrected chi connectivity index (χ1v) is 10.1. The van der Waals surface area contributed by atoms with Crippen molar-refractivity contribution in [2.24, 2.45) is 0 Å². The molecule has 0 spiro atoms. The molecule has 0 saturated carbocycles. The zero-order valence-electron chi connectivity index (χ0n) is 17.4. The summed E-state index contributed by atoms with van der Waals surface area (Å²) in [7, 11) is 0. The van der Waals surface area contributed by atoms with Gasteiger partial charge in [0.25, 0.3) is 5.91 Å². The Hall–Kier alpha value is -2.97. The van der Waals surface area contributed by atoms with Crippen molar-refractivity contribution >= 4 is 5.91 Å². The van der Waals surface area contributed by atoms with E-state index in [4.69, 9.17) is 13.9 Å². The molecule has 2 aromatic heterocycles. The zero-order valence-corrected chi connectivity index (χ0v) is 17.4. The molecule has 0 radical (unpaired) electrons. The van der Waals surface area contributed by atoms with Gasteiger partial charge < -0.3 is 19.4 Å². The minimum atomic E-state index is -0.612. The van der Waals surface area contributed by atoms with Gasteiger partial charge in [-0.15, -0.1) is 0 Å². The summed E-state index contributed by atoms with van der Waals surface area (Å²) in [6, 6.07) is 9.23. The maximum Gasteiger partial charge on any atom is 0.273 e. The number of carbonyl (C=O) groups excluding carboxylic acids is 1. The van der Waals surface area contributed by atoms with Gasteiger partial charge >= 0.3 is 0 Å². The molecule has 2 atom stereocenters. The Balaban J connectivity index is 1.43. The molecule has 0 unspecified atom stereocenters. The van der Waals surface area contributed by atoms with Crippen LogP contribution in [0.1, 0.15) is 39.7 Å². The maximum atomic E-state index is 12.4. The largest absolute Gasteiger partial charge is 0.441 e. The number of amides is 1. The fourth-order valence-electron chi connectivity index (χ4n) is 3.70. The van der Waals surface area contributed by atoms with Crippen molar-refractivity contribution < 1.29 is 18.8 Å². The quantitative estimate of drug-likeness (QED) is 0.666. The number of oxazole rings is 1. The molecule has 1 aromatic carbocycles. The summed E-state index contributed by atoms with van der Waals surface area (Å²) in [5.41, 5.74) is 3.18. The molecule has 2 N–H and O–H groups in total. The van der Waals surface area contributed by atoms with Crippen LogP contribution < -0.4 is 5.32 Å². The van der Waals surface area contributed by atoms with Crippen molar-refractivity contribution in [2.75, 3.05) is 13.1 Å². The second-order valence-corrected chi connectivity index (χ2v) is 7.89. The standard InChI is InChI=1S/C22H26N4O4/c1-13-5-4-6-16(9-13)22-24-18(15(3)29-22)11-26-8-7-20(27)19(12-26)23-21(28)17-10-14(2)30-25-17/h4-6,9-10,19-20,27H,7-8,11-12H2,1-3H3,(H,23,28)/t19-,20-/m1/s1. The van der Waals surface area contributed by atoms with E-state index in [-0.39, 0.29) is 11.6 Å². The highest BCUT2D eigenvalue weighted by Crippen LogP contribution is 2.24. The lowest BCUT2D eigenvalue weighted by Gasteiger charge is -2.36. The van der Waals surface area contributed by atoms with E-state index >= 15 is 0 Å².